The molecule has 0 aliphatic rings. The molecule has 7 heteroatoms. The van der Waals surface area contributed by atoms with Crippen molar-refractivity contribution in [2.45, 2.75) is 6.04 Å². The maximum atomic E-state index is 11.9. The topological polar surface area (TPSA) is 112 Å². The molecule has 3 N–H and O–H groups in total. The predicted octanol–water partition coefficient (Wildman–Crippen LogP) is 0.326. The molecule has 0 saturated carbocycles. The van der Waals surface area contributed by atoms with Gasteiger partial charge in [-0.2, -0.15) is 0 Å². The largest absolute Gasteiger partial charge is 0.479 e. The molecule has 0 aliphatic carbocycles. The monoisotopic (exact) mass is 273 g/mol. The van der Waals surface area contributed by atoms with E-state index in [0.717, 1.165) is 12.4 Å². The van der Waals surface area contributed by atoms with E-state index in [2.05, 4.69) is 15.3 Å². The number of carbonyl (C=O) groups is 2. The van der Waals surface area contributed by atoms with E-state index < -0.39 is 23.5 Å². The van der Waals surface area contributed by atoms with E-state index in [1.807, 2.05) is 0 Å². The fourth-order valence-electron chi connectivity index (χ4n) is 1.60. The van der Waals surface area contributed by atoms with E-state index in [1.165, 1.54) is 0 Å². The summed E-state index contributed by atoms with van der Waals surface area (Å²) < 4.78 is 0. The van der Waals surface area contributed by atoms with Gasteiger partial charge in [-0.1, -0.05) is 30.3 Å². The van der Waals surface area contributed by atoms with E-state index in [1.54, 1.807) is 30.3 Å². The molecule has 0 radical (unpaired) electrons. The standard InChI is InChI=1S/C13H11N3O4/c17-10-7-14-9(6-15-10)12(18)16-11(13(19)20)8-4-2-1-3-5-8/h1-7,11H,(H,15,17)(H,16,18)(H,19,20)/t11-/m1/s1. The fraction of sp³-hybridized carbons (Fsp3) is 0.0769. The number of hydrogen-bond donors (Lipinski definition) is 3. The Morgan fingerprint density at radius 1 is 1.25 bits per heavy atom. The van der Waals surface area contributed by atoms with E-state index in [-0.39, 0.29) is 5.69 Å². The molecule has 0 fully saturated rings. The van der Waals surface area contributed by atoms with Crippen molar-refractivity contribution in [1.82, 2.24) is 15.3 Å². The van der Waals surface area contributed by atoms with Crippen molar-refractivity contribution < 1.29 is 14.7 Å². The summed E-state index contributed by atoms with van der Waals surface area (Å²) in [6.07, 6.45) is 2.08. The lowest BCUT2D eigenvalue weighted by molar-refractivity contribution is -0.139. The van der Waals surface area contributed by atoms with Gasteiger partial charge in [-0.3, -0.25) is 9.59 Å². The number of aliphatic carboxylic acids is 1. The zero-order chi connectivity index (χ0) is 14.5. The Labute approximate surface area is 113 Å². The van der Waals surface area contributed by atoms with Crippen LogP contribution in [0.5, 0.6) is 0 Å². The van der Waals surface area contributed by atoms with Crippen LogP contribution in [-0.4, -0.2) is 27.0 Å². The minimum Gasteiger partial charge on any atom is -0.479 e. The van der Waals surface area contributed by atoms with Gasteiger partial charge in [0.15, 0.2) is 6.04 Å². The summed E-state index contributed by atoms with van der Waals surface area (Å²) in [7, 11) is 0. The van der Waals surface area contributed by atoms with Crippen molar-refractivity contribution in [3.05, 3.63) is 64.3 Å². The van der Waals surface area contributed by atoms with Gasteiger partial charge in [0, 0.05) is 6.20 Å². The molecule has 7 nitrogen and oxygen atoms in total. The Balaban J connectivity index is 2.21. The smallest absolute Gasteiger partial charge is 0.330 e. The average molecular weight is 273 g/mol. The molecule has 0 unspecified atom stereocenters. The molecular weight excluding hydrogens is 262 g/mol. The number of H-pyrrole nitrogens is 1. The van der Waals surface area contributed by atoms with Crippen LogP contribution in [-0.2, 0) is 4.79 Å². The van der Waals surface area contributed by atoms with E-state index in [9.17, 15) is 19.5 Å². The minimum atomic E-state index is -1.19. The molecule has 0 spiro atoms. The van der Waals surface area contributed by atoms with Crippen LogP contribution < -0.4 is 10.9 Å². The number of amides is 1. The highest BCUT2D eigenvalue weighted by atomic mass is 16.4. The average Bonchev–Trinajstić information content (AvgIpc) is 2.46. The summed E-state index contributed by atoms with van der Waals surface area (Å²) in [4.78, 5) is 39.9. The Morgan fingerprint density at radius 2 is 1.95 bits per heavy atom. The van der Waals surface area contributed by atoms with Crippen molar-refractivity contribution in [2.24, 2.45) is 0 Å². The number of nitrogens with one attached hydrogen (secondary N) is 2. The highest BCUT2D eigenvalue weighted by molar-refractivity contribution is 5.94. The number of carboxylic acids is 1. The molecule has 0 saturated heterocycles. The van der Waals surface area contributed by atoms with Crippen molar-refractivity contribution >= 4 is 11.9 Å². The molecule has 1 atom stereocenters. The summed E-state index contributed by atoms with van der Waals surface area (Å²) in [5.41, 5.74) is -0.0658. The van der Waals surface area contributed by atoms with Gasteiger partial charge >= 0.3 is 5.97 Å². The van der Waals surface area contributed by atoms with Gasteiger partial charge in [-0.05, 0) is 5.56 Å². The normalized spacial score (nSPS) is 11.6. The number of benzene rings is 1. The summed E-state index contributed by atoms with van der Waals surface area (Å²) >= 11 is 0. The Hall–Kier alpha value is -2.96. The molecule has 102 valence electrons. The molecule has 2 rings (SSSR count). The van der Waals surface area contributed by atoms with Gasteiger partial charge in [0.05, 0.1) is 6.20 Å². The highest BCUT2D eigenvalue weighted by Crippen LogP contribution is 2.13. The molecule has 1 amide bonds. The van der Waals surface area contributed by atoms with Gasteiger partial charge in [-0.15, -0.1) is 0 Å². The molecule has 1 aromatic carbocycles. The lowest BCUT2D eigenvalue weighted by Crippen LogP contribution is -2.34. The van der Waals surface area contributed by atoms with Crippen LogP contribution >= 0.6 is 0 Å². The SMILES string of the molecule is O=C(N[C@@H](C(=O)O)c1ccccc1)c1c[nH]c(=O)cn1. The van der Waals surface area contributed by atoms with Crippen molar-refractivity contribution in [3.8, 4) is 0 Å². The van der Waals surface area contributed by atoms with Crippen LogP contribution in [0.15, 0.2) is 47.5 Å². The first-order valence-electron chi connectivity index (χ1n) is 5.71. The van der Waals surface area contributed by atoms with Gasteiger partial charge in [-0.25, -0.2) is 9.78 Å². The predicted molar refractivity (Wildman–Crippen MR) is 69.1 cm³/mol. The molecule has 20 heavy (non-hydrogen) atoms. The quantitative estimate of drug-likeness (QED) is 0.743. The minimum absolute atomic E-state index is 0.0632. The van der Waals surface area contributed by atoms with Crippen LogP contribution in [0.25, 0.3) is 0 Å². The first kappa shape index (κ1) is 13.5. The Kier molecular flexibility index (Phi) is 3.90. The number of aromatic nitrogens is 2. The van der Waals surface area contributed by atoms with Crippen molar-refractivity contribution in [2.75, 3.05) is 0 Å². The van der Waals surface area contributed by atoms with Crippen LogP contribution in [0.4, 0.5) is 0 Å². The van der Waals surface area contributed by atoms with Crippen LogP contribution in [0.1, 0.15) is 22.1 Å². The van der Waals surface area contributed by atoms with Crippen molar-refractivity contribution in [1.29, 1.82) is 0 Å². The third kappa shape index (κ3) is 3.08. The fourth-order valence-corrected chi connectivity index (χ4v) is 1.60. The zero-order valence-electron chi connectivity index (χ0n) is 10.2. The number of nitrogens with zero attached hydrogens (tertiary/aromatic N) is 1. The third-order valence-electron chi connectivity index (χ3n) is 2.56. The van der Waals surface area contributed by atoms with Gasteiger partial charge in [0.1, 0.15) is 5.69 Å². The number of aromatic amines is 1. The maximum Gasteiger partial charge on any atom is 0.330 e. The number of rotatable bonds is 4. The number of carboxylic acid groups (broad SMARTS) is 1. The van der Waals surface area contributed by atoms with Crippen molar-refractivity contribution in [3.63, 3.8) is 0 Å². The second-order valence-electron chi connectivity index (χ2n) is 3.95. The third-order valence-corrected chi connectivity index (χ3v) is 2.56. The maximum absolute atomic E-state index is 11.9. The van der Waals surface area contributed by atoms with Crippen LogP contribution in [0, 0.1) is 0 Å². The summed E-state index contributed by atoms with van der Waals surface area (Å²) in [5.74, 6) is -1.87. The van der Waals surface area contributed by atoms with E-state index >= 15 is 0 Å². The van der Waals surface area contributed by atoms with Crippen LogP contribution in [0.2, 0.25) is 0 Å². The number of hydrogen-bond acceptors (Lipinski definition) is 4. The zero-order valence-corrected chi connectivity index (χ0v) is 10.2. The molecule has 1 aromatic heterocycles. The van der Waals surface area contributed by atoms with Gasteiger partial charge in [0.2, 0.25) is 0 Å². The van der Waals surface area contributed by atoms with Gasteiger partial charge < -0.3 is 15.4 Å². The molecule has 1 heterocycles. The molecule has 2 aromatic rings. The summed E-state index contributed by atoms with van der Waals surface area (Å²) in [6.45, 7) is 0. The summed E-state index contributed by atoms with van der Waals surface area (Å²) in [5, 5.41) is 11.5. The first-order valence-corrected chi connectivity index (χ1v) is 5.71. The van der Waals surface area contributed by atoms with E-state index in [0.29, 0.717) is 5.56 Å². The molecular formula is C13H11N3O4. The molecule has 0 bridgehead atoms. The second-order valence-corrected chi connectivity index (χ2v) is 3.95. The first-order chi connectivity index (χ1) is 9.58. The van der Waals surface area contributed by atoms with Crippen LogP contribution in [0.3, 0.4) is 0 Å². The lowest BCUT2D eigenvalue weighted by atomic mass is 10.1. The Morgan fingerprint density at radius 3 is 2.50 bits per heavy atom. The number of carbonyl (C=O) groups excluding carboxylic acids is 1. The molecule has 0 aliphatic heterocycles. The van der Waals surface area contributed by atoms with Gasteiger partial charge in [0.25, 0.3) is 11.5 Å². The lowest BCUT2D eigenvalue weighted by Gasteiger charge is -2.14. The highest BCUT2D eigenvalue weighted by Gasteiger charge is 2.22. The second kappa shape index (κ2) is 5.79. The Bertz CT molecular complexity index is 661. The summed E-state index contributed by atoms with van der Waals surface area (Å²) in [6, 6.07) is 7.11. The van der Waals surface area contributed by atoms with E-state index in [4.69, 9.17) is 0 Å².